The van der Waals surface area contributed by atoms with Gasteiger partial charge in [-0.1, -0.05) is 12.1 Å². The Morgan fingerprint density at radius 2 is 1.95 bits per heavy atom. The third-order valence-electron chi connectivity index (χ3n) is 2.89. The first-order valence-corrected chi connectivity index (χ1v) is 5.91. The number of alkyl halides is 3. The number of nitrogens with zero attached hydrogens (tertiary/aromatic N) is 2. The van der Waals surface area contributed by atoms with Crippen molar-refractivity contribution in [1.29, 1.82) is 0 Å². The summed E-state index contributed by atoms with van der Waals surface area (Å²) in [6, 6.07) is 5.04. The van der Waals surface area contributed by atoms with E-state index in [1.165, 1.54) is 22.9 Å². The SMILES string of the molecule is Cc1nn(C)c(Oc2ccccc2C(F)(F)F)c1CN. The monoisotopic (exact) mass is 285 g/mol. The third-order valence-corrected chi connectivity index (χ3v) is 2.89. The van der Waals surface area contributed by atoms with Gasteiger partial charge in [-0.2, -0.15) is 18.3 Å². The summed E-state index contributed by atoms with van der Waals surface area (Å²) < 4.78 is 45.5. The zero-order valence-electron chi connectivity index (χ0n) is 11.0. The van der Waals surface area contributed by atoms with Crippen molar-refractivity contribution in [1.82, 2.24) is 9.78 Å². The topological polar surface area (TPSA) is 53.1 Å². The third kappa shape index (κ3) is 2.62. The molecule has 7 heteroatoms. The number of nitrogens with two attached hydrogens (primary N) is 1. The second kappa shape index (κ2) is 5.16. The van der Waals surface area contributed by atoms with Crippen LogP contribution in [0.2, 0.25) is 0 Å². The molecule has 0 aliphatic heterocycles. The highest BCUT2D eigenvalue weighted by atomic mass is 19.4. The summed E-state index contributed by atoms with van der Waals surface area (Å²) in [5.74, 6) is -0.0422. The maximum Gasteiger partial charge on any atom is 0.419 e. The van der Waals surface area contributed by atoms with Crippen LogP contribution in [-0.2, 0) is 19.8 Å². The van der Waals surface area contributed by atoms with Gasteiger partial charge in [0.25, 0.3) is 0 Å². The lowest BCUT2D eigenvalue weighted by Gasteiger charge is -2.14. The normalized spacial score (nSPS) is 11.7. The largest absolute Gasteiger partial charge is 0.438 e. The molecule has 108 valence electrons. The summed E-state index contributed by atoms with van der Waals surface area (Å²) in [6.07, 6.45) is -4.48. The van der Waals surface area contributed by atoms with Gasteiger partial charge in [0.2, 0.25) is 5.88 Å². The molecule has 0 saturated heterocycles. The van der Waals surface area contributed by atoms with Crippen LogP contribution in [-0.4, -0.2) is 9.78 Å². The van der Waals surface area contributed by atoms with E-state index in [-0.39, 0.29) is 18.2 Å². The Morgan fingerprint density at radius 3 is 2.55 bits per heavy atom. The molecule has 1 aromatic carbocycles. The van der Waals surface area contributed by atoms with Gasteiger partial charge >= 0.3 is 6.18 Å². The van der Waals surface area contributed by atoms with E-state index in [4.69, 9.17) is 10.5 Å². The van der Waals surface area contributed by atoms with Crippen molar-refractivity contribution in [2.45, 2.75) is 19.6 Å². The van der Waals surface area contributed by atoms with E-state index in [9.17, 15) is 13.2 Å². The molecule has 1 aromatic heterocycles. The molecule has 0 atom stereocenters. The number of hydrogen-bond donors (Lipinski definition) is 1. The molecule has 0 radical (unpaired) electrons. The van der Waals surface area contributed by atoms with Crippen LogP contribution < -0.4 is 10.5 Å². The number of benzene rings is 1. The van der Waals surface area contributed by atoms with Crippen molar-refractivity contribution < 1.29 is 17.9 Å². The fraction of sp³-hybridized carbons (Fsp3) is 0.308. The molecule has 4 nitrogen and oxygen atoms in total. The summed E-state index contributed by atoms with van der Waals surface area (Å²) in [5, 5.41) is 4.10. The molecule has 0 amide bonds. The second-order valence-corrected chi connectivity index (χ2v) is 4.29. The van der Waals surface area contributed by atoms with Gasteiger partial charge < -0.3 is 10.5 Å². The summed E-state index contributed by atoms with van der Waals surface area (Å²) in [7, 11) is 1.59. The van der Waals surface area contributed by atoms with Crippen LogP contribution in [0.25, 0.3) is 0 Å². The Bertz CT molecular complexity index is 620. The number of ether oxygens (including phenoxy) is 1. The van der Waals surface area contributed by atoms with Crippen LogP contribution in [0.3, 0.4) is 0 Å². The molecule has 0 unspecified atom stereocenters. The molecular weight excluding hydrogens is 271 g/mol. The zero-order valence-corrected chi connectivity index (χ0v) is 11.0. The summed E-state index contributed by atoms with van der Waals surface area (Å²) in [4.78, 5) is 0. The highest BCUT2D eigenvalue weighted by molar-refractivity contribution is 5.41. The number of aromatic nitrogens is 2. The van der Waals surface area contributed by atoms with Crippen LogP contribution in [0.4, 0.5) is 13.2 Å². The van der Waals surface area contributed by atoms with E-state index < -0.39 is 11.7 Å². The molecule has 0 fully saturated rings. The fourth-order valence-electron chi connectivity index (χ4n) is 1.94. The molecule has 2 N–H and O–H groups in total. The van der Waals surface area contributed by atoms with Gasteiger partial charge in [0.1, 0.15) is 5.75 Å². The molecule has 0 aliphatic carbocycles. The predicted molar refractivity (Wildman–Crippen MR) is 67.4 cm³/mol. The molecule has 0 aliphatic rings. The molecule has 2 rings (SSSR count). The number of aryl methyl sites for hydroxylation is 2. The smallest absolute Gasteiger partial charge is 0.419 e. The molecule has 1 heterocycles. The maximum atomic E-state index is 12.9. The van der Waals surface area contributed by atoms with Crippen molar-refractivity contribution in [2.24, 2.45) is 12.8 Å². The average Bonchev–Trinajstić information content (AvgIpc) is 2.63. The van der Waals surface area contributed by atoms with Crippen LogP contribution in [0.1, 0.15) is 16.8 Å². The quantitative estimate of drug-likeness (QED) is 0.943. The molecular formula is C13H14F3N3O. The highest BCUT2D eigenvalue weighted by Crippen LogP contribution is 2.38. The van der Waals surface area contributed by atoms with Crippen molar-refractivity contribution in [3.63, 3.8) is 0 Å². The first-order valence-electron chi connectivity index (χ1n) is 5.91. The highest BCUT2D eigenvalue weighted by Gasteiger charge is 2.34. The Kier molecular flexibility index (Phi) is 3.71. The number of halogens is 3. The molecule has 0 bridgehead atoms. The predicted octanol–water partition coefficient (Wildman–Crippen LogP) is 3.00. The standard InChI is InChI=1S/C13H14F3N3O/c1-8-9(7-17)12(19(2)18-8)20-11-6-4-3-5-10(11)13(14,15)16/h3-6H,7,17H2,1-2H3. The van der Waals surface area contributed by atoms with Gasteiger partial charge in [0.15, 0.2) is 0 Å². The lowest BCUT2D eigenvalue weighted by atomic mass is 10.2. The van der Waals surface area contributed by atoms with E-state index in [1.807, 2.05) is 0 Å². The van der Waals surface area contributed by atoms with Crippen LogP contribution >= 0.6 is 0 Å². The first-order chi connectivity index (χ1) is 9.34. The van der Waals surface area contributed by atoms with Crippen molar-refractivity contribution in [3.8, 4) is 11.6 Å². The van der Waals surface area contributed by atoms with Crippen molar-refractivity contribution >= 4 is 0 Å². The Morgan fingerprint density at radius 1 is 1.30 bits per heavy atom. The lowest BCUT2D eigenvalue weighted by Crippen LogP contribution is -2.08. The van der Waals surface area contributed by atoms with E-state index in [0.717, 1.165) is 6.07 Å². The minimum absolute atomic E-state index is 0.142. The molecule has 0 spiro atoms. The first kappa shape index (κ1) is 14.4. The van der Waals surface area contributed by atoms with E-state index in [0.29, 0.717) is 11.3 Å². The van der Waals surface area contributed by atoms with Crippen LogP contribution in [0, 0.1) is 6.92 Å². The number of rotatable bonds is 3. The minimum atomic E-state index is -4.48. The Hall–Kier alpha value is -2.02. The van der Waals surface area contributed by atoms with Crippen molar-refractivity contribution in [3.05, 3.63) is 41.1 Å². The van der Waals surface area contributed by atoms with Gasteiger partial charge in [-0.15, -0.1) is 0 Å². The Labute approximate surface area is 114 Å². The summed E-state index contributed by atoms with van der Waals surface area (Å²) in [5.41, 5.74) is 5.98. The van der Waals surface area contributed by atoms with E-state index in [2.05, 4.69) is 5.10 Å². The van der Waals surface area contributed by atoms with Crippen molar-refractivity contribution in [2.75, 3.05) is 0 Å². The van der Waals surface area contributed by atoms with Gasteiger partial charge in [-0.05, 0) is 19.1 Å². The van der Waals surface area contributed by atoms with Crippen LogP contribution in [0.5, 0.6) is 11.6 Å². The van der Waals surface area contributed by atoms with E-state index >= 15 is 0 Å². The maximum absolute atomic E-state index is 12.9. The molecule has 20 heavy (non-hydrogen) atoms. The summed E-state index contributed by atoms with van der Waals surface area (Å²) >= 11 is 0. The van der Waals surface area contributed by atoms with Gasteiger partial charge in [-0.3, -0.25) is 0 Å². The van der Waals surface area contributed by atoms with Crippen LogP contribution in [0.15, 0.2) is 24.3 Å². The fourth-order valence-corrected chi connectivity index (χ4v) is 1.94. The Balaban J connectivity index is 2.46. The zero-order chi connectivity index (χ0) is 14.9. The van der Waals surface area contributed by atoms with Gasteiger partial charge in [0.05, 0.1) is 16.8 Å². The van der Waals surface area contributed by atoms with Gasteiger partial charge in [-0.25, -0.2) is 4.68 Å². The summed E-state index contributed by atoms with van der Waals surface area (Å²) in [6.45, 7) is 1.87. The van der Waals surface area contributed by atoms with E-state index in [1.54, 1.807) is 14.0 Å². The molecule has 0 saturated carbocycles. The average molecular weight is 285 g/mol. The minimum Gasteiger partial charge on any atom is -0.438 e. The second-order valence-electron chi connectivity index (χ2n) is 4.29. The number of hydrogen-bond acceptors (Lipinski definition) is 3. The molecule has 2 aromatic rings. The number of para-hydroxylation sites is 1. The van der Waals surface area contributed by atoms with Gasteiger partial charge in [0, 0.05) is 13.6 Å². The lowest BCUT2D eigenvalue weighted by molar-refractivity contribution is -0.138.